The quantitative estimate of drug-likeness (QED) is 0.820. The van der Waals surface area contributed by atoms with Crippen LogP contribution in [0.1, 0.15) is 49.9 Å². The third kappa shape index (κ3) is 3.49. The van der Waals surface area contributed by atoms with Crippen LogP contribution in [0.3, 0.4) is 0 Å². The lowest BCUT2D eigenvalue weighted by Crippen LogP contribution is -2.43. The summed E-state index contributed by atoms with van der Waals surface area (Å²) >= 11 is 0. The van der Waals surface area contributed by atoms with Crippen LogP contribution in [0.5, 0.6) is 0 Å². The van der Waals surface area contributed by atoms with Crippen LogP contribution >= 0.6 is 0 Å². The van der Waals surface area contributed by atoms with Crippen molar-refractivity contribution in [1.29, 1.82) is 0 Å². The summed E-state index contributed by atoms with van der Waals surface area (Å²) in [4.78, 5) is 12.3. The number of hydrogen-bond donors (Lipinski definition) is 2. The zero-order chi connectivity index (χ0) is 13.8. The fraction of sp³-hybridized carbons (Fsp3) is 0.562. The Morgan fingerprint density at radius 2 is 2.05 bits per heavy atom. The zero-order valence-corrected chi connectivity index (χ0v) is 11.9. The topological polar surface area (TPSA) is 55.1 Å². The van der Waals surface area contributed by atoms with Gasteiger partial charge >= 0.3 is 0 Å². The van der Waals surface area contributed by atoms with Crippen LogP contribution < -0.4 is 11.1 Å². The first-order valence-corrected chi connectivity index (χ1v) is 7.24. The van der Waals surface area contributed by atoms with E-state index in [2.05, 4.69) is 19.2 Å². The number of anilines is 1. The van der Waals surface area contributed by atoms with Crippen molar-refractivity contribution in [2.75, 3.05) is 5.73 Å². The summed E-state index contributed by atoms with van der Waals surface area (Å²) < 4.78 is 0. The minimum atomic E-state index is 0.00449. The van der Waals surface area contributed by atoms with Gasteiger partial charge in [0, 0.05) is 17.3 Å². The maximum absolute atomic E-state index is 12.3. The van der Waals surface area contributed by atoms with E-state index in [0.717, 1.165) is 6.42 Å². The lowest BCUT2D eigenvalue weighted by atomic mass is 9.78. The summed E-state index contributed by atoms with van der Waals surface area (Å²) in [6, 6.07) is 7.49. The smallest absolute Gasteiger partial charge is 0.251 e. The number of nitrogen functional groups attached to an aromatic ring is 1. The third-order valence-electron chi connectivity index (χ3n) is 4.14. The van der Waals surface area contributed by atoms with E-state index in [9.17, 15) is 4.79 Å². The van der Waals surface area contributed by atoms with E-state index < -0.39 is 0 Å². The Kier molecular flexibility index (Phi) is 4.46. The van der Waals surface area contributed by atoms with Crippen molar-refractivity contribution in [1.82, 2.24) is 5.32 Å². The fourth-order valence-corrected chi connectivity index (χ4v) is 3.07. The molecule has 1 saturated carbocycles. The standard InChI is InChI=1S/C16H24N2O/c1-11(2)14-8-3-4-9-15(14)18-16(19)12-6-5-7-13(17)10-12/h5-7,10-11,14-15H,3-4,8-9,17H2,1-2H3,(H,18,19). The van der Waals surface area contributed by atoms with Crippen LogP contribution in [-0.4, -0.2) is 11.9 Å². The van der Waals surface area contributed by atoms with E-state index >= 15 is 0 Å². The Morgan fingerprint density at radius 3 is 2.74 bits per heavy atom. The van der Waals surface area contributed by atoms with Gasteiger partial charge in [0.1, 0.15) is 0 Å². The van der Waals surface area contributed by atoms with Gasteiger partial charge in [-0.2, -0.15) is 0 Å². The molecule has 1 aromatic rings. The van der Waals surface area contributed by atoms with Crippen molar-refractivity contribution in [3.8, 4) is 0 Å². The Hall–Kier alpha value is -1.51. The molecule has 0 spiro atoms. The minimum Gasteiger partial charge on any atom is -0.399 e. The SMILES string of the molecule is CC(C)C1CCCCC1NC(=O)c1cccc(N)c1. The molecule has 0 radical (unpaired) electrons. The largest absolute Gasteiger partial charge is 0.399 e. The van der Waals surface area contributed by atoms with Gasteiger partial charge in [-0.25, -0.2) is 0 Å². The number of carbonyl (C=O) groups is 1. The molecule has 1 aliphatic carbocycles. The molecule has 1 aliphatic rings. The fourth-order valence-electron chi connectivity index (χ4n) is 3.07. The number of nitrogens with two attached hydrogens (primary N) is 1. The molecule has 0 saturated heterocycles. The number of rotatable bonds is 3. The molecule has 3 heteroatoms. The number of hydrogen-bond acceptors (Lipinski definition) is 2. The van der Waals surface area contributed by atoms with Gasteiger partial charge in [-0.3, -0.25) is 4.79 Å². The summed E-state index contributed by atoms with van der Waals surface area (Å²) in [5, 5.41) is 3.20. The minimum absolute atomic E-state index is 0.00449. The second-order valence-electron chi connectivity index (χ2n) is 5.90. The molecule has 0 bridgehead atoms. The molecule has 2 unspecified atom stereocenters. The molecule has 19 heavy (non-hydrogen) atoms. The van der Waals surface area contributed by atoms with Crippen LogP contribution in [0.2, 0.25) is 0 Å². The average Bonchev–Trinajstić information content (AvgIpc) is 2.39. The molecule has 2 rings (SSSR count). The molecule has 0 heterocycles. The van der Waals surface area contributed by atoms with Gasteiger partial charge < -0.3 is 11.1 Å². The van der Waals surface area contributed by atoms with Crippen molar-refractivity contribution >= 4 is 11.6 Å². The van der Waals surface area contributed by atoms with Crippen molar-refractivity contribution in [3.63, 3.8) is 0 Å². The third-order valence-corrected chi connectivity index (χ3v) is 4.14. The number of nitrogens with one attached hydrogen (secondary N) is 1. The second kappa shape index (κ2) is 6.09. The normalized spacial score (nSPS) is 23.3. The first-order valence-electron chi connectivity index (χ1n) is 7.24. The molecule has 0 aliphatic heterocycles. The Balaban J connectivity index is 2.04. The second-order valence-corrected chi connectivity index (χ2v) is 5.90. The van der Waals surface area contributed by atoms with Crippen LogP contribution in [-0.2, 0) is 0 Å². The van der Waals surface area contributed by atoms with E-state index in [1.165, 1.54) is 19.3 Å². The highest BCUT2D eigenvalue weighted by molar-refractivity contribution is 5.95. The summed E-state index contributed by atoms with van der Waals surface area (Å²) in [6.45, 7) is 4.49. The molecular weight excluding hydrogens is 236 g/mol. The predicted octanol–water partition coefficient (Wildman–Crippen LogP) is 3.21. The number of amides is 1. The summed E-state index contributed by atoms with van der Waals surface area (Å²) in [5.41, 5.74) is 7.02. The molecule has 2 atom stereocenters. The monoisotopic (exact) mass is 260 g/mol. The molecule has 3 nitrogen and oxygen atoms in total. The first kappa shape index (κ1) is 13.9. The van der Waals surface area contributed by atoms with Crippen molar-refractivity contribution in [2.24, 2.45) is 11.8 Å². The molecule has 1 amide bonds. The number of benzene rings is 1. The molecule has 0 aromatic heterocycles. The van der Waals surface area contributed by atoms with Gasteiger partial charge in [-0.15, -0.1) is 0 Å². The van der Waals surface area contributed by atoms with Gasteiger partial charge in [-0.1, -0.05) is 32.8 Å². The lowest BCUT2D eigenvalue weighted by molar-refractivity contribution is 0.0889. The summed E-state index contributed by atoms with van der Waals surface area (Å²) in [5.74, 6) is 1.22. The Labute approximate surface area is 115 Å². The molecular formula is C16H24N2O. The van der Waals surface area contributed by atoms with Gasteiger partial charge in [0.2, 0.25) is 0 Å². The Morgan fingerprint density at radius 1 is 1.32 bits per heavy atom. The van der Waals surface area contributed by atoms with Crippen LogP contribution in [0, 0.1) is 11.8 Å². The maximum Gasteiger partial charge on any atom is 0.251 e. The van der Waals surface area contributed by atoms with Gasteiger partial charge in [-0.05, 0) is 42.9 Å². The van der Waals surface area contributed by atoms with Crippen LogP contribution in [0.25, 0.3) is 0 Å². The molecule has 1 fully saturated rings. The van der Waals surface area contributed by atoms with Gasteiger partial charge in [0.05, 0.1) is 0 Å². The predicted molar refractivity (Wildman–Crippen MR) is 78.9 cm³/mol. The van der Waals surface area contributed by atoms with Gasteiger partial charge in [0.15, 0.2) is 0 Å². The highest BCUT2D eigenvalue weighted by Crippen LogP contribution is 2.30. The van der Waals surface area contributed by atoms with E-state index in [-0.39, 0.29) is 5.91 Å². The van der Waals surface area contributed by atoms with E-state index in [0.29, 0.717) is 29.1 Å². The maximum atomic E-state index is 12.3. The van der Waals surface area contributed by atoms with Crippen molar-refractivity contribution < 1.29 is 4.79 Å². The van der Waals surface area contributed by atoms with Crippen LogP contribution in [0.4, 0.5) is 5.69 Å². The van der Waals surface area contributed by atoms with E-state index in [4.69, 9.17) is 5.73 Å². The van der Waals surface area contributed by atoms with E-state index in [1.54, 1.807) is 12.1 Å². The van der Waals surface area contributed by atoms with Gasteiger partial charge in [0.25, 0.3) is 5.91 Å². The van der Waals surface area contributed by atoms with Crippen LogP contribution in [0.15, 0.2) is 24.3 Å². The highest BCUT2D eigenvalue weighted by Gasteiger charge is 2.28. The lowest BCUT2D eigenvalue weighted by Gasteiger charge is -2.34. The average molecular weight is 260 g/mol. The molecule has 1 aromatic carbocycles. The van der Waals surface area contributed by atoms with Crippen molar-refractivity contribution in [2.45, 2.75) is 45.6 Å². The number of carbonyl (C=O) groups excluding carboxylic acids is 1. The molecule has 104 valence electrons. The summed E-state index contributed by atoms with van der Waals surface area (Å²) in [7, 11) is 0. The summed E-state index contributed by atoms with van der Waals surface area (Å²) in [6.07, 6.45) is 4.81. The Bertz CT molecular complexity index is 442. The highest BCUT2D eigenvalue weighted by atomic mass is 16.1. The molecule has 3 N–H and O–H groups in total. The first-order chi connectivity index (χ1) is 9.08. The zero-order valence-electron chi connectivity index (χ0n) is 11.9. The van der Waals surface area contributed by atoms with Crippen molar-refractivity contribution in [3.05, 3.63) is 29.8 Å². The van der Waals surface area contributed by atoms with E-state index in [1.807, 2.05) is 12.1 Å².